The van der Waals surface area contributed by atoms with Crippen LogP contribution in [0.4, 0.5) is 4.39 Å². The first-order valence-electron chi connectivity index (χ1n) is 10.00. The largest absolute Gasteiger partial charge is 0.381 e. The number of likely N-dealkylation sites (tertiary alicyclic amines) is 1. The van der Waals surface area contributed by atoms with Crippen molar-refractivity contribution in [3.05, 3.63) is 34.7 Å². The normalized spacial score (nSPS) is 24.8. The van der Waals surface area contributed by atoms with Gasteiger partial charge in [-0.05, 0) is 49.9 Å². The molecule has 0 N–H and O–H groups in total. The molecular weight excluding hydrogens is 418 g/mol. The van der Waals surface area contributed by atoms with E-state index in [4.69, 9.17) is 21.1 Å². The Labute approximate surface area is 180 Å². The summed E-state index contributed by atoms with van der Waals surface area (Å²) in [7, 11) is 0. The van der Waals surface area contributed by atoms with Crippen LogP contribution >= 0.6 is 24.0 Å². The molecular formula is C20H25Cl2FN4O2. The molecule has 158 valence electrons. The zero-order valence-corrected chi connectivity index (χ0v) is 17.7. The molecule has 2 atom stereocenters. The minimum absolute atomic E-state index is 0. The number of nitrogens with zero attached hydrogens (tertiary/aromatic N) is 4. The Hall–Kier alpha value is -1.25. The molecule has 0 saturated carbocycles. The number of fused-ring (bicyclic) bond motifs is 3. The van der Waals surface area contributed by atoms with Crippen molar-refractivity contribution in [3.63, 3.8) is 0 Å². The number of rotatable bonds is 4. The number of hydrogen-bond donors (Lipinski definition) is 0. The Bertz CT molecular complexity index is 859. The lowest BCUT2D eigenvalue weighted by Gasteiger charge is -2.26. The number of aromatic nitrogens is 3. The Morgan fingerprint density at radius 3 is 2.83 bits per heavy atom. The molecule has 2 aromatic rings. The van der Waals surface area contributed by atoms with E-state index in [1.54, 1.807) is 6.07 Å². The molecule has 0 bridgehead atoms. The van der Waals surface area contributed by atoms with Crippen LogP contribution in [0, 0.1) is 11.7 Å². The summed E-state index contributed by atoms with van der Waals surface area (Å²) in [6.45, 7) is 5.18. The van der Waals surface area contributed by atoms with Crippen LogP contribution in [0.5, 0.6) is 0 Å². The van der Waals surface area contributed by atoms with Gasteiger partial charge in [-0.25, -0.2) is 9.07 Å². The molecule has 0 radical (unpaired) electrons. The summed E-state index contributed by atoms with van der Waals surface area (Å²) < 4.78 is 27.0. The highest BCUT2D eigenvalue weighted by Gasteiger charge is 2.40. The molecule has 5 rings (SSSR count). The van der Waals surface area contributed by atoms with Crippen LogP contribution in [0.2, 0.25) is 5.02 Å². The van der Waals surface area contributed by atoms with Crippen molar-refractivity contribution in [1.29, 1.82) is 0 Å². The second kappa shape index (κ2) is 8.86. The Morgan fingerprint density at radius 2 is 2.03 bits per heavy atom. The Kier molecular flexibility index (Phi) is 6.41. The van der Waals surface area contributed by atoms with Crippen molar-refractivity contribution in [2.24, 2.45) is 5.92 Å². The first kappa shape index (κ1) is 21.0. The van der Waals surface area contributed by atoms with Crippen LogP contribution in [-0.4, -0.2) is 58.8 Å². The minimum Gasteiger partial charge on any atom is -0.381 e. The maximum Gasteiger partial charge on any atom is 0.124 e. The lowest BCUT2D eigenvalue weighted by molar-refractivity contribution is -0.00504. The summed E-state index contributed by atoms with van der Waals surface area (Å²) in [6, 6.07) is 4.53. The molecule has 0 unspecified atom stereocenters. The number of benzene rings is 1. The highest BCUT2D eigenvalue weighted by Crippen LogP contribution is 2.36. The molecule has 0 aliphatic carbocycles. The van der Waals surface area contributed by atoms with Crippen LogP contribution in [0.15, 0.2) is 18.2 Å². The fourth-order valence-electron chi connectivity index (χ4n) is 4.61. The summed E-state index contributed by atoms with van der Waals surface area (Å²) >= 11 is 6.24. The van der Waals surface area contributed by atoms with Gasteiger partial charge in [0.05, 0.1) is 29.5 Å². The molecule has 29 heavy (non-hydrogen) atoms. The first-order valence-corrected chi connectivity index (χ1v) is 10.4. The molecule has 9 heteroatoms. The third-order valence-electron chi connectivity index (χ3n) is 6.23. The summed E-state index contributed by atoms with van der Waals surface area (Å²) in [4.78, 5) is 2.48. The van der Waals surface area contributed by atoms with E-state index in [1.165, 1.54) is 31.4 Å². The van der Waals surface area contributed by atoms with Crippen LogP contribution in [-0.2, 0) is 16.1 Å². The van der Waals surface area contributed by atoms with E-state index >= 15 is 0 Å². The molecule has 2 saturated heterocycles. The van der Waals surface area contributed by atoms with Crippen molar-refractivity contribution >= 4 is 24.0 Å². The maximum atomic E-state index is 13.4. The van der Waals surface area contributed by atoms with Gasteiger partial charge in [-0.2, -0.15) is 0 Å². The summed E-state index contributed by atoms with van der Waals surface area (Å²) in [5.74, 6) is 0.411. The van der Waals surface area contributed by atoms with Crippen LogP contribution < -0.4 is 0 Å². The third-order valence-corrected chi connectivity index (χ3v) is 6.55. The Balaban J connectivity index is 0.00000205. The molecule has 0 spiro atoms. The van der Waals surface area contributed by atoms with Gasteiger partial charge in [-0.15, -0.1) is 17.5 Å². The molecule has 3 aliphatic rings. The van der Waals surface area contributed by atoms with Crippen molar-refractivity contribution < 1.29 is 13.9 Å². The SMILES string of the molecule is Cl.Fc1ccc(-c2nnn3c2CO[C@H]2CN(CCC4CCOCC4)C[C@@H]23)c(Cl)c1. The van der Waals surface area contributed by atoms with Gasteiger partial charge in [0.2, 0.25) is 0 Å². The van der Waals surface area contributed by atoms with Crippen molar-refractivity contribution in [1.82, 2.24) is 19.9 Å². The van der Waals surface area contributed by atoms with Crippen LogP contribution in [0.1, 0.15) is 31.0 Å². The van der Waals surface area contributed by atoms with E-state index in [0.29, 0.717) is 22.9 Å². The van der Waals surface area contributed by atoms with E-state index in [0.717, 1.165) is 44.5 Å². The fourth-order valence-corrected chi connectivity index (χ4v) is 4.86. The molecule has 2 fully saturated rings. The smallest absolute Gasteiger partial charge is 0.124 e. The summed E-state index contributed by atoms with van der Waals surface area (Å²) in [6.07, 6.45) is 3.70. The standard InChI is InChI=1S/C20H24ClFN4O2.ClH/c21-16-9-14(22)1-2-15(16)20-18-12-28-19-11-25(10-17(19)26(18)24-23-20)6-3-13-4-7-27-8-5-13;/h1-2,9,13,17,19H,3-8,10-12H2;1H/t17-,19-;/m0./s1. The highest BCUT2D eigenvalue weighted by atomic mass is 35.5. The van der Waals surface area contributed by atoms with Gasteiger partial charge >= 0.3 is 0 Å². The van der Waals surface area contributed by atoms with Gasteiger partial charge in [0.25, 0.3) is 0 Å². The van der Waals surface area contributed by atoms with Gasteiger partial charge in [0, 0.05) is 31.9 Å². The van der Waals surface area contributed by atoms with Gasteiger partial charge < -0.3 is 9.47 Å². The topological polar surface area (TPSA) is 52.4 Å². The number of halogens is 3. The van der Waals surface area contributed by atoms with Gasteiger partial charge in [0.1, 0.15) is 11.5 Å². The third kappa shape index (κ3) is 4.16. The monoisotopic (exact) mass is 442 g/mol. The van der Waals surface area contributed by atoms with Crippen LogP contribution in [0.25, 0.3) is 11.3 Å². The van der Waals surface area contributed by atoms with Gasteiger partial charge in [-0.1, -0.05) is 16.8 Å². The molecule has 4 heterocycles. The Morgan fingerprint density at radius 1 is 1.21 bits per heavy atom. The number of ether oxygens (including phenoxy) is 2. The van der Waals surface area contributed by atoms with Gasteiger partial charge in [-0.3, -0.25) is 4.90 Å². The average Bonchev–Trinajstić information content (AvgIpc) is 3.31. The second-order valence-electron chi connectivity index (χ2n) is 7.97. The summed E-state index contributed by atoms with van der Waals surface area (Å²) in [5, 5.41) is 9.11. The molecule has 0 amide bonds. The lowest BCUT2D eigenvalue weighted by atomic mass is 9.96. The van der Waals surface area contributed by atoms with Crippen molar-refractivity contribution in [2.45, 2.75) is 38.0 Å². The predicted octanol–water partition coefficient (Wildman–Crippen LogP) is 3.73. The van der Waals surface area contributed by atoms with E-state index in [-0.39, 0.29) is 30.4 Å². The highest BCUT2D eigenvalue weighted by molar-refractivity contribution is 6.33. The van der Waals surface area contributed by atoms with Crippen molar-refractivity contribution in [2.75, 3.05) is 32.8 Å². The van der Waals surface area contributed by atoms with E-state index < -0.39 is 0 Å². The van der Waals surface area contributed by atoms with Crippen molar-refractivity contribution in [3.8, 4) is 11.3 Å². The molecule has 3 aliphatic heterocycles. The summed E-state index contributed by atoms with van der Waals surface area (Å²) in [5.41, 5.74) is 2.30. The quantitative estimate of drug-likeness (QED) is 0.721. The lowest BCUT2D eigenvalue weighted by Crippen LogP contribution is -2.32. The minimum atomic E-state index is -0.359. The van der Waals surface area contributed by atoms with E-state index in [2.05, 4.69) is 15.2 Å². The average molecular weight is 443 g/mol. The maximum absolute atomic E-state index is 13.4. The van der Waals surface area contributed by atoms with E-state index in [1.807, 2.05) is 4.68 Å². The second-order valence-corrected chi connectivity index (χ2v) is 8.38. The predicted molar refractivity (Wildman–Crippen MR) is 110 cm³/mol. The zero-order valence-electron chi connectivity index (χ0n) is 16.1. The number of hydrogen-bond acceptors (Lipinski definition) is 5. The first-order chi connectivity index (χ1) is 13.7. The van der Waals surface area contributed by atoms with E-state index in [9.17, 15) is 4.39 Å². The zero-order chi connectivity index (χ0) is 19.1. The molecule has 1 aromatic heterocycles. The molecule has 1 aromatic carbocycles. The van der Waals surface area contributed by atoms with Gasteiger partial charge in [0.15, 0.2) is 0 Å². The fraction of sp³-hybridized carbons (Fsp3) is 0.600. The molecule has 6 nitrogen and oxygen atoms in total. The van der Waals surface area contributed by atoms with Crippen LogP contribution in [0.3, 0.4) is 0 Å².